The lowest BCUT2D eigenvalue weighted by Gasteiger charge is -1.91. The van der Waals surface area contributed by atoms with Crippen LogP contribution in [0.3, 0.4) is 0 Å². The van der Waals surface area contributed by atoms with E-state index in [4.69, 9.17) is 0 Å². The van der Waals surface area contributed by atoms with Gasteiger partial charge < -0.3 is 0 Å². The highest BCUT2D eigenvalue weighted by molar-refractivity contribution is 14.1. The summed E-state index contributed by atoms with van der Waals surface area (Å²) in [5.41, 5.74) is 2.35. The summed E-state index contributed by atoms with van der Waals surface area (Å²) in [5, 5.41) is 3.62. The van der Waals surface area contributed by atoms with Crippen molar-refractivity contribution in [2.24, 2.45) is 5.10 Å². The zero-order valence-corrected chi connectivity index (χ0v) is 6.75. The van der Waals surface area contributed by atoms with E-state index in [2.05, 4.69) is 10.5 Å². The molecular formula is C5H5IN2O. The Balaban J connectivity index is 2.74. The summed E-state index contributed by atoms with van der Waals surface area (Å²) < 4.78 is 0.699. The first-order chi connectivity index (χ1) is 4.30. The number of nitrogens with zero attached hydrogens (tertiary/aromatic N) is 1. The Morgan fingerprint density at radius 1 is 1.78 bits per heavy atom. The van der Waals surface area contributed by atoms with Gasteiger partial charge in [-0.05, 0) is 22.6 Å². The molecule has 0 fully saturated rings. The second-order valence-electron chi connectivity index (χ2n) is 1.54. The monoisotopic (exact) mass is 236 g/mol. The van der Waals surface area contributed by atoms with Crippen LogP contribution in [0.5, 0.6) is 0 Å². The van der Waals surface area contributed by atoms with Crippen molar-refractivity contribution in [1.82, 2.24) is 5.43 Å². The largest absolute Gasteiger partial charge is 0.277 e. The Morgan fingerprint density at radius 3 is 3.33 bits per heavy atom. The van der Waals surface area contributed by atoms with Crippen LogP contribution in [0.2, 0.25) is 0 Å². The summed E-state index contributed by atoms with van der Waals surface area (Å²) in [4.78, 5) is 10.7. The molecule has 48 valence electrons. The maximum absolute atomic E-state index is 10.7. The van der Waals surface area contributed by atoms with Crippen LogP contribution in [-0.4, -0.2) is 12.1 Å². The van der Waals surface area contributed by atoms with Crippen molar-refractivity contribution < 1.29 is 4.79 Å². The molecule has 0 saturated carbocycles. The van der Waals surface area contributed by atoms with Crippen LogP contribution in [-0.2, 0) is 4.79 Å². The van der Waals surface area contributed by atoms with Crippen molar-refractivity contribution in [1.29, 1.82) is 0 Å². The summed E-state index contributed by atoms with van der Waals surface area (Å²) in [6.07, 6.45) is 4.22. The minimum absolute atomic E-state index is 0.121. The van der Waals surface area contributed by atoms with Gasteiger partial charge >= 0.3 is 0 Å². The van der Waals surface area contributed by atoms with Gasteiger partial charge in [0.1, 0.15) is 0 Å². The molecular weight excluding hydrogens is 231 g/mol. The number of hydrogen-bond acceptors (Lipinski definition) is 2. The predicted molar refractivity (Wildman–Crippen MR) is 43.4 cm³/mol. The molecule has 1 rings (SSSR count). The SMILES string of the molecule is O=C1NN=CCC=C1I. The van der Waals surface area contributed by atoms with E-state index in [1.807, 2.05) is 28.7 Å². The van der Waals surface area contributed by atoms with Crippen molar-refractivity contribution in [3.05, 3.63) is 9.66 Å². The van der Waals surface area contributed by atoms with Gasteiger partial charge in [-0.15, -0.1) is 0 Å². The van der Waals surface area contributed by atoms with Crippen molar-refractivity contribution in [2.45, 2.75) is 6.42 Å². The van der Waals surface area contributed by atoms with Gasteiger partial charge in [-0.1, -0.05) is 6.08 Å². The second kappa shape index (κ2) is 2.95. The molecule has 0 atom stereocenters. The van der Waals surface area contributed by atoms with Crippen LogP contribution in [0.25, 0.3) is 0 Å². The molecule has 3 nitrogen and oxygen atoms in total. The van der Waals surface area contributed by atoms with Gasteiger partial charge in [0, 0.05) is 12.6 Å². The molecule has 0 aromatic carbocycles. The molecule has 1 aliphatic rings. The number of nitrogens with one attached hydrogen (secondary N) is 1. The molecule has 1 N–H and O–H groups in total. The molecule has 0 radical (unpaired) electrons. The van der Waals surface area contributed by atoms with E-state index < -0.39 is 0 Å². The minimum atomic E-state index is -0.121. The lowest BCUT2D eigenvalue weighted by molar-refractivity contribution is -0.116. The number of rotatable bonds is 0. The molecule has 0 unspecified atom stereocenters. The highest BCUT2D eigenvalue weighted by atomic mass is 127. The lowest BCUT2D eigenvalue weighted by Crippen LogP contribution is -2.15. The van der Waals surface area contributed by atoms with E-state index in [0.717, 1.165) is 6.42 Å². The fraction of sp³-hybridized carbons (Fsp3) is 0.200. The number of amides is 1. The molecule has 0 aliphatic carbocycles. The second-order valence-corrected chi connectivity index (χ2v) is 2.70. The van der Waals surface area contributed by atoms with Crippen LogP contribution in [0.4, 0.5) is 0 Å². The average molecular weight is 236 g/mol. The van der Waals surface area contributed by atoms with Gasteiger partial charge in [-0.25, -0.2) is 5.43 Å². The molecule has 9 heavy (non-hydrogen) atoms. The van der Waals surface area contributed by atoms with Crippen LogP contribution in [0.1, 0.15) is 6.42 Å². The Hall–Kier alpha value is -0.390. The van der Waals surface area contributed by atoms with Gasteiger partial charge in [0.2, 0.25) is 0 Å². The zero-order valence-electron chi connectivity index (χ0n) is 4.60. The van der Waals surface area contributed by atoms with Gasteiger partial charge in [-0.3, -0.25) is 4.79 Å². The third-order valence-electron chi connectivity index (χ3n) is 0.877. The van der Waals surface area contributed by atoms with Gasteiger partial charge in [-0.2, -0.15) is 5.10 Å². The molecule has 0 spiro atoms. The summed E-state index contributed by atoms with van der Waals surface area (Å²) in [6.45, 7) is 0. The zero-order chi connectivity index (χ0) is 6.69. The van der Waals surface area contributed by atoms with Gasteiger partial charge in [0.15, 0.2) is 0 Å². The standard InChI is InChI=1S/C5H5IN2O/c6-4-2-1-3-7-8-5(4)9/h2-3H,1H2,(H,8,9). The smallest absolute Gasteiger partial charge is 0.267 e. The molecule has 1 aliphatic heterocycles. The molecule has 0 saturated heterocycles. The number of allylic oxidation sites excluding steroid dienone is 1. The van der Waals surface area contributed by atoms with Crippen molar-refractivity contribution in [2.75, 3.05) is 0 Å². The molecule has 4 heteroatoms. The molecule has 0 aromatic rings. The highest BCUT2D eigenvalue weighted by Gasteiger charge is 2.04. The number of carbonyl (C=O) groups excluding carboxylic acids is 1. The van der Waals surface area contributed by atoms with Crippen molar-refractivity contribution >= 4 is 34.7 Å². The van der Waals surface area contributed by atoms with E-state index >= 15 is 0 Å². The van der Waals surface area contributed by atoms with E-state index in [-0.39, 0.29) is 5.91 Å². The van der Waals surface area contributed by atoms with Gasteiger partial charge in [0.05, 0.1) is 3.58 Å². The Morgan fingerprint density at radius 2 is 2.56 bits per heavy atom. The van der Waals surface area contributed by atoms with Crippen LogP contribution in [0.15, 0.2) is 14.8 Å². The topological polar surface area (TPSA) is 41.5 Å². The number of hydrogen-bond donors (Lipinski definition) is 1. The predicted octanol–water partition coefficient (Wildman–Crippen LogP) is 0.811. The summed E-state index contributed by atoms with van der Waals surface area (Å²) in [7, 11) is 0. The Labute approximate surface area is 66.3 Å². The van der Waals surface area contributed by atoms with E-state index in [1.54, 1.807) is 6.21 Å². The number of hydrazone groups is 1. The third-order valence-corrected chi connectivity index (χ3v) is 1.81. The first-order valence-corrected chi connectivity index (χ1v) is 3.56. The van der Waals surface area contributed by atoms with E-state index in [0.29, 0.717) is 3.58 Å². The van der Waals surface area contributed by atoms with E-state index in [1.165, 1.54) is 0 Å². The lowest BCUT2D eigenvalue weighted by atomic mass is 10.4. The highest BCUT2D eigenvalue weighted by Crippen LogP contribution is 2.07. The van der Waals surface area contributed by atoms with Crippen LogP contribution in [0, 0.1) is 0 Å². The summed E-state index contributed by atoms with van der Waals surface area (Å²) >= 11 is 1.98. The average Bonchev–Trinajstić information content (AvgIpc) is 1.99. The maximum atomic E-state index is 10.7. The van der Waals surface area contributed by atoms with Crippen LogP contribution >= 0.6 is 22.6 Å². The molecule has 0 bridgehead atoms. The minimum Gasteiger partial charge on any atom is -0.267 e. The molecule has 0 aromatic heterocycles. The number of halogens is 1. The fourth-order valence-electron chi connectivity index (χ4n) is 0.459. The quantitative estimate of drug-likeness (QED) is 0.621. The normalized spacial score (nSPS) is 18.3. The molecule has 1 heterocycles. The van der Waals surface area contributed by atoms with E-state index in [9.17, 15) is 4.79 Å². The maximum Gasteiger partial charge on any atom is 0.277 e. The molecule has 1 amide bonds. The first-order valence-electron chi connectivity index (χ1n) is 2.48. The number of carbonyl (C=O) groups is 1. The Bertz CT molecular complexity index is 185. The van der Waals surface area contributed by atoms with Crippen molar-refractivity contribution in [3.8, 4) is 0 Å². The summed E-state index contributed by atoms with van der Waals surface area (Å²) in [6, 6.07) is 0. The van der Waals surface area contributed by atoms with Crippen LogP contribution < -0.4 is 5.43 Å². The Kier molecular flexibility index (Phi) is 2.21. The summed E-state index contributed by atoms with van der Waals surface area (Å²) in [5.74, 6) is -0.121. The van der Waals surface area contributed by atoms with Crippen molar-refractivity contribution in [3.63, 3.8) is 0 Å². The first kappa shape index (κ1) is 6.73. The van der Waals surface area contributed by atoms with Gasteiger partial charge in [0.25, 0.3) is 5.91 Å². The fourth-order valence-corrected chi connectivity index (χ4v) is 0.834. The third kappa shape index (κ3) is 1.78.